The van der Waals surface area contributed by atoms with Crippen LogP contribution in [0.25, 0.3) is 0 Å². The highest BCUT2D eigenvalue weighted by molar-refractivity contribution is 7.91. The van der Waals surface area contributed by atoms with E-state index in [1.807, 2.05) is 0 Å². The lowest BCUT2D eigenvalue weighted by Crippen LogP contribution is -2.44. The average Bonchev–Trinajstić information content (AvgIpc) is 3.02. The molecule has 6 heteroatoms. The van der Waals surface area contributed by atoms with Crippen LogP contribution in [0.2, 0.25) is 0 Å². The van der Waals surface area contributed by atoms with E-state index < -0.39 is 9.84 Å². The standard InChI is InChI=1S/C10H18N2O3S/c13-10(7-11-8-1-2-8)12-9-3-5-16(14,15)6-4-9/h8-9,11H,1-7H2,(H,12,13). The van der Waals surface area contributed by atoms with Crippen LogP contribution in [-0.2, 0) is 14.6 Å². The van der Waals surface area contributed by atoms with Gasteiger partial charge in [-0.3, -0.25) is 4.79 Å². The van der Waals surface area contributed by atoms with Gasteiger partial charge in [-0.1, -0.05) is 0 Å². The molecule has 5 nitrogen and oxygen atoms in total. The molecule has 1 aliphatic heterocycles. The van der Waals surface area contributed by atoms with Crippen LogP contribution in [0.5, 0.6) is 0 Å². The second-order valence-corrected chi connectivity index (χ2v) is 6.95. The first kappa shape index (κ1) is 11.9. The topological polar surface area (TPSA) is 75.3 Å². The second kappa shape index (κ2) is 4.71. The third-order valence-electron chi connectivity index (χ3n) is 3.05. The van der Waals surface area contributed by atoms with E-state index in [4.69, 9.17) is 0 Å². The maximum Gasteiger partial charge on any atom is 0.234 e. The Morgan fingerprint density at radius 1 is 1.06 bits per heavy atom. The van der Waals surface area contributed by atoms with Crippen molar-refractivity contribution in [3.63, 3.8) is 0 Å². The molecule has 16 heavy (non-hydrogen) atoms. The number of amides is 1. The van der Waals surface area contributed by atoms with Crippen LogP contribution in [0.15, 0.2) is 0 Å². The molecular weight excluding hydrogens is 228 g/mol. The first-order valence-corrected chi connectivity index (χ1v) is 7.60. The zero-order valence-corrected chi connectivity index (χ0v) is 10.1. The fourth-order valence-electron chi connectivity index (χ4n) is 1.84. The van der Waals surface area contributed by atoms with E-state index in [1.54, 1.807) is 0 Å². The Kier molecular flexibility index (Phi) is 3.49. The molecule has 0 bridgehead atoms. The summed E-state index contributed by atoms with van der Waals surface area (Å²) < 4.78 is 22.4. The molecule has 1 aliphatic carbocycles. The van der Waals surface area contributed by atoms with Crippen LogP contribution in [0.4, 0.5) is 0 Å². The minimum absolute atomic E-state index is 0.0174. The number of nitrogens with one attached hydrogen (secondary N) is 2. The van der Waals surface area contributed by atoms with Gasteiger partial charge in [0, 0.05) is 12.1 Å². The third kappa shape index (κ3) is 3.75. The van der Waals surface area contributed by atoms with E-state index in [2.05, 4.69) is 10.6 Å². The predicted octanol–water partition coefficient (Wildman–Crippen LogP) is -0.568. The quantitative estimate of drug-likeness (QED) is 0.697. The minimum Gasteiger partial charge on any atom is -0.352 e. The van der Waals surface area contributed by atoms with E-state index in [0.29, 0.717) is 25.4 Å². The fourth-order valence-corrected chi connectivity index (χ4v) is 3.33. The van der Waals surface area contributed by atoms with Crippen molar-refractivity contribution >= 4 is 15.7 Å². The van der Waals surface area contributed by atoms with Crippen molar-refractivity contribution in [1.29, 1.82) is 0 Å². The largest absolute Gasteiger partial charge is 0.352 e. The SMILES string of the molecule is O=C(CNC1CC1)NC1CCS(=O)(=O)CC1. The van der Waals surface area contributed by atoms with Crippen molar-refractivity contribution in [2.24, 2.45) is 0 Å². The second-order valence-electron chi connectivity index (χ2n) is 4.65. The molecule has 0 unspecified atom stereocenters. The molecule has 2 fully saturated rings. The Balaban J connectivity index is 1.67. The highest BCUT2D eigenvalue weighted by Gasteiger charge is 2.25. The summed E-state index contributed by atoms with van der Waals surface area (Å²) >= 11 is 0. The van der Waals surface area contributed by atoms with E-state index in [-0.39, 0.29) is 23.5 Å². The lowest BCUT2D eigenvalue weighted by Gasteiger charge is -2.23. The molecule has 0 spiro atoms. The van der Waals surface area contributed by atoms with Crippen molar-refractivity contribution in [1.82, 2.24) is 10.6 Å². The number of hydrogen-bond acceptors (Lipinski definition) is 4. The Hall–Kier alpha value is -0.620. The Labute approximate surface area is 95.9 Å². The molecule has 1 amide bonds. The molecule has 1 saturated heterocycles. The van der Waals surface area contributed by atoms with Crippen LogP contribution >= 0.6 is 0 Å². The van der Waals surface area contributed by atoms with Crippen molar-refractivity contribution in [2.45, 2.75) is 37.8 Å². The molecule has 0 radical (unpaired) electrons. The highest BCUT2D eigenvalue weighted by atomic mass is 32.2. The van der Waals surface area contributed by atoms with E-state index in [9.17, 15) is 13.2 Å². The van der Waals surface area contributed by atoms with Gasteiger partial charge in [0.25, 0.3) is 0 Å². The molecular formula is C10H18N2O3S. The monoisotopic (exact) mass is 246 g/mol. The normalized spacial score (nSPS) is 25.2. The minimum atomic E-state index is -2.83. The molecule has 1 heterocycles. The summed E-state index contributed by atoms with van der Waals surface area (Å²) in [5, 5.41) is 6.01. The third-order valence-corrected chi connectivity index (χ3v) is 4.76. The summed E-state index contributed by atoms with van der Waals surface area (Å²) in [6.45, 7) is 0.355. The van der Waals surface area contributed by atoms with Crippen LogP contribution < -0.4 is 10.6 Å². The number of sulfone groups is 1. The first-order chi connectivity index (χ1) is 7.55. The molecule has 1 saturated carbocycles. The Morgan fingerprint density at radius 2 is 1.69 bits per heavy atom. The maximum atomic E-state index is 11.5. The molecule has 2 rings (SSSR count). The molecule has 0 aromatic rings. The summed E-state index contributed by atoms with van der Waals surface area (Å²) in [6, 6.07) is 0.564. The Morgan fingerprint density at radius 3 is 2.25 bits per heavy atom. The smallest absolute Gasteiger partial charge is 0.234 e. The van der Waals surface area contributed by atoms with Gasteiger partial charge in [0.1, 0.15) is 9.84 Å². The molecule has 0 aromatic heterocycles. The Bertz CT molecular complexity index is 348. The summed E-state index contributed by atoms with van der Waals surface area (Å²) in [5.74, 6) is 0.387. The van der Waals surface area contributed by atoms with Crippen LogP contribution in [-0.4, -0.2) is 44.5 Å². The van der Waals surface area contributed by atoms with Gasteiger partial charge < -0.3 is 10.6 Å². The average molecular weight is 246 g/mol. The van der Waals surface area contributed by atoms with Crippen LogP contribution in [0, 0.1) is 0 Å². The lowest BCUT2D eigenvalue weighted by atomic mass is 10.1. The van der Waals surface area contributed by atoms with Crippen molar-refractivity contribution in [3.05, 3.63) is 0 Å². The first-order valence-electron chi connectivity index (χ1n) is 5.78. The van der Waals surface area contributed by atoms with Gasteiger partial charge in [-0.2, -0.15) is 0 Å². The summed E-state index contributed by atoms with van der Waals surface area (Å²) in [6.07, 6.45) is 3.43. The molecule has 2 N–H and O–H groups in total. The van der Waals surface area contributed by atoms with Crippen molar-refractivity contribution in [2.75, 3.05) is 18.1 Å². The van der Waals surface area contributed by atoms with Crippen molar-refractivity contribution in [3.8, 4) is 0 Å². The molecule has 0 aromatic carbocycles. The number of carbonyl (C=O) groups excluding carboxylic acids is 1. The van der Waals surface area contributed by atoms with Gasteiger partial charge in [0.15, 0.2) is 0 Å². The number of rotatable bonds is 4. The molecule has 2 aliphatic rings. The van der Waals surface area contributed by atoms with Gasteiger partial charge in [0.05, 0.1) is 18.1 Å². The summed E-state index contributed by atoms with van der Waals surface area (Å²) in [4.78, 5) is 11.5. The zero-order valence-electron chi connectivity index (χ0n) is 9.24. The predicted molar refractivity (Wildman–Crippen MR) is 60.8 cm³/mol. The van der Waals surface area contributed by atoms with E-state index in [0.717, 1.165) is 12.8 Å². The highest BCUT2D eigenvalue weighted by Crippen LogP contribution is 2.18. The van der Waals surface area contributed by atoms with Gasteiger partial charge in [-0.15, -0.1) is 0 Å². The van der Waals surface area contributed by atoms with Crippen molar-refractivity contribution < 1.29 is 13.2 Å². The molecule has 92 valence electrons. The van der Waals surface area contributed by atoms with Crippen LogP contribution in [0.1, 0.15) is 25.7 Å². The van der Waals surface area contributed by atoms with Gasteiger partial charge in [-0.05, 0) is 25.7 Å². The summed E-state index contributed by atoms with van der Waals surface area (Å²) in [7, 11) is -2.83. The van der Waals surface area contributed by atoms with E-state index >= 15 is 0 Å². The van der Waals surface area contributed by atoms with E-state index in [1.165, 1.54) is 0 Å². The number of carbonyl (C=O) groups is 1. The summed E-state index contributed by atoms with van der Waals surface area (Å²) in [5.41, 5.74) is 0. The zero-order chi connectivity index (χ0) is 11.6. The lowest BCUT2D eigenvalue weighted by molar-refractivity contribution is -0.121. The number of hydrogen-bond donors (Lipinski definition) is 2. The molecule has 0 atom stereocenters. The maximum absolute atomic E-state index is 11.5. The fraction of sp³-hybridized carbons (Fsp3) is 0.900. The van der Waals surface area contributed by atoms with Gasteiger partial charge >= 0.3 is 0 Å². The van der Waals surface area contributed by atoms with Crippen LogP contribution in [0.3, 0.4) is 0 Å². The van der Waals surface area contributed by atoms with Gasteiger partial charge in [-0.25, -0.2) is 8.42 Å². The van der Waals surface area contributed by atoms with Gasteiger partial charge in [0.2, 0.25) is 5.91 Å².